The highest BCUT2D eigenvalue weighted by Gasteiger charge is 2.13. The monoisotopic (exact) mass is 172 g/mol. The normalized spacial score (nSPS) is 9.73. The maximum Gasteiger partial charge on any atom is 0.368 e. The SMILES string of the molecule is Cc1nc(C)c(C(=O)ON)s1. The maximum absolute atomic E-state index is 10.9. The minimum absolute atomic E-state index is 0.477. The highest BCUT2D eigenvalue weighted by molar-refractivity contribution is 7.13. The van der Waals surface area contributed by atoms with Crippen LogP contribution in [-0.4, -0.2) is 11.0 Å². The van der Waals surface area contributed by atoms with Gasteiger partial charge in [0.05, 0.1) is 10.7 Å². The zero-order valence-corrected chi connectivity index (χ0v) is 7.07. The number of carbonyl (C=O) groups excluding carboxylic acids is 1. The minimum Gasteiger partial charge on any atom is -0.369 e. The summed E-state index contributed by atoms with van der Waals surface area (Å²) in [4.78, 5) is 19.5. The molecule has 0 saturated carbocycles. The van der Waals surface area contributed by atoms with Crippen LogP contribution in [0, 0.1) is 13.8 Å². The van der Waals surface area contributed by atoms with E-state index in [4.69, 9.17) is 5.90 Å². The van der Waals surface area contributed by atoms with E-state index >= 15 is 0 Å². The molecule has 60 valence electrons. The molecule has 11 heavy (non-hydrogen) atoms. The molecule has 0 aromatic carbocycles. The second-order valence-corrected chi connectivity index (χ2v) is 3.26. The molecule has 5 heteroatoms. The van der Waals surface area contributed by atoms with Crippen molar-refractivity contribution >= 4 is 17.3 Å². The lowest BCUT2D eigenvalue weighted by molar-refractivity contribution is 0.0508. The van der Waals surface area contributed by atoms with E-state index in [-0.39, 0.29) is 0 Å². The Kier molecular flexibility index (Phi) is 2.21. The number of aromatic nitrogens is 1. The Hall–Kier alpha value is -0.940. The molecule has 0 aliphatic rings. The smallest absolute Gasteiger partial charge is 0.368 e. The fourth-order valence-electron chi connectivity index (χ4n) is 0.774. The first kappa shape index (κ1) is 8.16. The van der Waals surface area contributed by atoms with Crippen molar-refractivity contribution in [2.45, 2.75) is 13.8 Å². The number of aryl methyl sites for hydroxylation is 2. The van der Waals surface area contributed by atoms with E-state index in [2.05, 4.69) is 9.82 Å². The van der Waals surface area contributed by atoms with Gasteiger partial charge in [-0.25, -0.2) is 9.78 Å². The van der Waals surface area contributed by atoms with Crippen molar-refractivity contribution in [2.24, 2.45) is 5.90 Å². The van der Waals surface area contributed by atoms with E-state index in [0.29, 0.717) is 10.6 Å². The molecule has 0 atom stereocenters. The zero-order chi connectivity index (χ0) is 8.43. The molecule has 2 N–H and O–H groups in total. The summed E-state index contributed by atoms with van der Waals surface area (Å²) in [7, 11) is 0. The molecule has 0 amide bonds. The summed E-state index contributed by atoms with van der Waals surface area (Å²) in [6, 6.07) is 0. The van der Waals surface area contributed by atoms with Crippen LogP contribution in [0.1, 0.15) is 20.4 Å². The summed E-state index contributed by atoms with van der Waals surface area (Å²) in [6.45, 7) is 3.57. The van der Waals surface area contributed by atoms with Gasteiger partial charge in [0.15, 0.2) is 0 Å². The predicted octanol–water partition coefficient (Wildman–Crippen LogP) is 0.790. The lowest BCUT2D eigenvalue weighted by Crippen LogP contribution is -2.09. The maximum atomic E-state index is 10.9. The van der Waals surface area contributed by atoms with E-state index in [1.54, 1.807) is 6.92 Å². The molecule has 0 spiro atoms. The number of nitrogens with zero attached hydrogens (tertiary/aromatic N) is 1. The third kappa shape index (κ3) is 1.55. The molecule has 0 radical (unpaired) electrons. The van der Waals surface area contributed by atoms with Crippen LogP contribution < -0.4 is 5.90 Å². The molecule has 0 unspecified atom stereocenters. The molecule has 1 rings (SSSR count). The van der Waals surface area contributed by atoms with Gasteiger partial charge in [-0.2, -0.15) is 5.90 Å². The number of thiazole rings is 1. The van der Waals surface area contributed by atoms with Crippen LogP contribution in [-0.2, 0) is 4.84 Å². The van der Waals surface area contributed by atoms with Crippen molar-refractivity contribution in [1.82, 2.24) is 4.98 Å². The Labute approximate surface area is 68.0 Å². The average molecular weight is 172 g/mol. The summed E-state index contributed by atoms with van der Waals surface area (Å²) in [5.74, 6) is 4.19. The Morgan fingerprint density at radius 3 is 2.64 bits per heavy atom. The first-order chi connectivity index (χ1) is 5.15. The van der Waals surface area contributed by atoms with Gasteiger partial charge in [-0.1, -0.05) is 0 Å². The lowest BCUT2D eigenvalue weighted by atomic mass is 10.4. The van der Waals surface area contributed by atoms with E-state index < -0.39 is 5.97 Å². The van der Waals surface area contributed by atoms with E-state index in [1.165, 1.54) is 11.3 Å². The third-order valence-corrected chi connectivity index (χ3v) is 2.25. The number of hydrogen-bond donors (Lipinski definition) is 1. The van der Waals surface area contributed by atoms with Crippen LogP contribution in [0.2, 0.25) is 0 Å². The van der Waals surface area contributed by atoms with E-state index in [9.17, 15) is 4.79 Å². The number of nitrogens with two attached hydrogens (primary N) is 1. The molecule has 0 bridgehead atoms. The molecule has 4 nitrogen and oxygen atoms in total. The van der Waals surface area contributed by atoms with Gasteiger partial charge in [-0.15, -0.1) is 11.3 Å². The van der Waals surface area contributed by atoms with E-state index in [1.807, 2.05) is 6.92 Å². The summed E-state index contributed by atoms with van der Waals surface area (Å²) < 4.78 is 0. The highest BCUT2D eigenvalue weighted by atomic mass is 32.1. The van der Waals surface area contributed by atoms with Gasteiger partial charge < -0.3 is 4.84 Å². The Morgan fingerprint density at radius 2 is 2.27 bits per heavy atom. The second kappa shape index (κ2) is 2.98. The molecular formula is C6H8N2O2S. The van der Waals surface area contributed by atoms with Gasteiger partial charge in [-0.05, 0) is 13.8 Å². The van der Waals surface area contributed by atoms with Crippen LogP contribution in [0.3, 0.4) is 0 Å². The van der Waals surface area contributed by atoms with Crippen molar-refractivity contribution in [3.05, 3.63) is 15.6 Å². The Bertz CT molecular complexity index is 282. The number of carbonyl (C=O) groups is 1. The first-order valence-electron chi connectivity index (χ1n) is 3.00. The van der Waals surface area contributed by atoms with Crippen LogP contribution >= 0.6 is 11.3 Å². The Morgan fingerprint density at radius 1 is 1.64 bits per heavy atom. The van der Waals surface area contributed by atoms with Gasteiger partial charge in [0.2, 0.25) is 0 Å². The predicted molar refractivity (Wildman–Crippen MR) is 41.2 cm³/mol. The van der Waals surface area contributed by atoms with Crippen LogP contribution in [0.25, 0.3) is 0 Å². The fraction of sp³-hybridized carbons (Fsp3) is 0.333. The van der Waals surface area contributed by atoms with Crippen molar-refractivity contribution in [3.63, 3.8) is 0 Å². The summed E-state index contributed by atoms with van der Waals surface area (Å²) in [5, 5.41) is 0.836. The van der Waals surface area contributed by atoms with Crippen molar-refractivity contribution in [3.8, 4) is 0 Å². The van der Waals surface area contributed by atoms with Gasteiger partial charge in [0, 0.05) is 0 Å². The minimum atomic E-state index is -0.520. The molecule has 0 fully saturated rings. The number of hydrogen-bond acceptors (Lipinski definition) is 5. The summed E-state index contributed by atoms with van der Waals surface area (Å²) >= 11 is 1.28. The first-order valence-corrected chi connectivity index (χ1v) is 3.82. The van der Waals surface area contributed by atoms with Gasteiger partial charge in [0.1, 0.15) is 4.88 Å². The molecular weight excluding hydrogens is 164 g/mol. The largest absolute Gasteiger partial charge is 0.369 e. The quantitative estimate of drug-likeness (QED) is 0.636. The van der Waals surface area contributed by atoms with Gasteiger partial charge in [0.25, 0.3) is 0 Å². The fourth-order valence-corrected chi connectivity index (χ4v) is 1.58. The van der Waals surface area contributed by atoms with Crippen molar-refractivity contribution in [2.75, 3.05) is 0 Å². The van der Waals surface area contributed by atoms with Crippen LogP contribution in [0.5, 0.6) is 0 Å². The average Bonchev–Trinajstić information content (AvgIpc) is 2.28. The summed E-state index contributed by atoms with van der Waals surface area (Å²) in [5.41, 5.74) is 0.669. The topological polar surface area (TPSA) is 65.2 Å². The molecule has 0 aliphatic carbocycles. The molecule has 1 aromatic rings. The second-order valence-electron chi connectivity index (χ2n) is 2.05. The van der Waals surface area contributed by atoms with Crippen LogP contribution in [0.15, 0.2) is 0 Å². The molecule has 0 aliphatic heterocycles. The van der Waals surface area contributed by atoms with E-state index in [0.717, 1.165) is 5.01 Å². The number of rotatable bonds is 1. The van der Waals surface area contributed by atoms with Crippen molar-refractivity contribution in [1.29, 1.82) is 0 Å². The van der Waals surface area contributed by atoms with Gasteiger partial charge in [-0.3, -0.25) is 0 Å². The third-order valence-electron chi connectivity index (χ3n) is 1.20. The highest BCUT2D eigenvalue weighted by Crippen LogP contribution is 2.17. The van der Waals surface area contributed by atoms with Crippen LogP contribution in [0.4, 0.5) is 0 Å². The lowest BCUT2D eigenvalue weighted by Gasteiger charge is -1.91. The summed E-state index contributed by atoms with van der Waals surface area (Å²) in [6.07, 6.45) is 0. The molecule has 0 saturated heterocycles. The van der Waals surface area contributed by atoms with Gasteiger partial charge >= 0.3 is 5.97 Å². The Balaban J connectivity index is 3.03. The molecule has 1 heterocycles. The zero-order valence-electron chi connectivity index (χ0n) is 6.25. The molecule has 1 aromatic heterocycles. The standard InChI is InChI=1S/C6H8N2O2S/c1-3-5(6(9)10-7)11-4(2)8-3/h7H2,1-2H3. The van der Waals surface area contributed by atoms with Crippen molar-refractivity contribution < 1.29 is 9.63 Å².